The van der Waals surface area contributed by atoms with Crippen molar-refractivity contribution in [3.8, 4) is 5.75 Å². The fourth-order valence-electron chi connectivity index (χ4n) is 3.42. The molecular weight excluding hydrogens is 414 g/mol. The first-order valence-corrected chi connectivity index (χ1v) is 11.1. The molecule has 0 saturated heterocycles. The number of hydrogen-bond acceptors (Lipinski definition) is 5. The van der Waals surface area contributed by atoms with Gasteiger partial charge in [-0.3, -0.25) is 9.48 Å². The van der Waals surface area contributed by atoms with Crippen LogP contribution in [0.25, 0.3) is 10.9 Å². The Morgan fingerprint density at radius 1 is 1.06 bits per heavy atom. The number of benzene rings is 3. The smallest absolute Gasteiger partial charge is 0.265 e. The molecule has 0 spiro atoms. The lowest BCUT2D eigenvalue weighted by molar-refractivity contribution is 0.0981. The molecule has 0 aliphatic rings. The number of rotatable bonds is 6. The van der Waals surface area contributed by atoms with Gasteiger partial charge in [-0.1, -0.05) is 42.5 Å². The molecule has 0 unspecified atom stereocenters. The molecule has 0 atom stereocenters. The first kappa shape index (κ1) is 20.6. The monoisotopic (exact) mass is 435 g/mol. The van der Waals surface area contributed by atoms with Crippen LogP contribution < -0.4 is 9.46 Å². The van der Waals surface area contributed by atoms with E-state index in [2.05, 4.69) is 9.82 Å². The predicted octanol–water partition coefficient (Wildman–Crippen LogP) is 3.52. The molecule has 4 rings (SSSR count). The number of para-hydroxylation sites is 1. The lowest BCUT2D eigenvalue weighted by Gasteiger charge is -2.13. The summed E-state index contributed by atoms with van der Waals surface area (Å²) in [5.41, 5.74) is 2.54. The predicted molar refractivity (Wildman–Crippen MR) is 118 cm³/mol. The number of carbonyl (C=O) groups is 1. The fourth-order valence-corrected chi connectivity index (χ4v) is 4.65. The van der Waals surface area contributed by atoms with E-state index in [4.69, 9.17) is 4.74 Å². The lowest BCUT2D eigenvalue weighted by Crippen LogP contribution is -2.31. The van der Waals surface area contributed by atoms with E-state index in [0.717, 1.165) is 16.5 Å². The number of aromatic nitrogens is 2. The molecule has 4 aromatic rings. The number of nitrogens with one attached hydrogen (secondary N) is 1. The third-order valence-electron chi connectivity index (χ3n) is 5.03. The summed E-state index contributed by atoms with van der Waals surface area (Å²) >= 11 is 0. The number of carbonyl (C=O) groups excluding carboxylic acids is 1. The molecule has 0 saturated carbocycles. The van der Waals surface area contributed by atoms with E-state index >= 15 is 0 Å². The first-order chi connectivity index (χ1) is 14.9. The van der Waals surface area contributed by atoms with Crippen molar-refractivity contribution in [1.82, 2.24) is 14.5 Å². The van der Waals surface area contributed by atoms with Crippen molar-refractivity contribution < 1.29 is 17.9 Å². The van der Waals surface area contributed by atoms with Crippen molar-refractivity contribution in [3.63, 3.8) is 0 Å². The van der Waals surface area contributed by atoms with Crippen molar-refractivity contribution in [2.24, 2.45) is 0 Å². The second-order valence-corrected chi connectivity index (χ2v) is 8.74. The number of amides is 1. The summed E-state index contributed by atoms with van der Waals surface area (Å²) in [6.45, 7) is 2.12. The molecule has 31 heavy (non-hydrogen) atoms. The van der Waals surface area contributed by atoms with Crippen LogP contribution in [0.1, 0.15) is 21.5 Å². The molecule has 0 radical (unpaired) electrons. The van der Waals surface area contributed by atoms with Crippen LogP contribution in [0, 0.1) is 6.92 Å². The number of methoxy groups -OCH3 is 1. The Morgan fingerprint density at radius 2 is 1.81 bits per heavy atom. The number of nitrogens with zero attached hydrogens (tertiary/aromatic N) is 2. The van der Waals surface area contributed by atoms with Crippen molar-refractivity contribution in [1.29, 1.82) is 0 Å². The Morgan fingerprint density at radius 3 is 2.58 bits per heavy atom. The molecule has 1 N–H and O–H groups in total. The van der Waals surface area contributed by atoms with Crippen LogP contribution in [-0.2, 0) is 16.6 Å². The summed E-state index contributed by atoms with van der Waals surface area (Å²) in [5, 5.41) is 5.44. The summed E-state index contributed by atoms with van der Waals surface area (Å²) in [6.07, 6.45) is 1.79. The highest BCUT2D eigenvalue weighted by molar-refractivity contribution is 7.90. The maximum absolute atomic E-state index is 12.7. The first-order valence-electron chi connectivity index (χ1n) is 9.59. The molecule has 7 nitrogen and oxygen atoms in total. The molecular formula is C23H21N3O4S. The van der Waals surface area contributed by atoms with E-state index in [-0.39, 0.29) is 10.5 Å². The topological polar surface area (TPSA) is 90.3 Å². The highest BCUT2D eigenvalue weighted by atomic mass is 32.2. The molecule has 0 bridgehead atoms. The molecule has 158 valence electrons. The molecule has 1 aromatic heterocycles. The average molecular weight is 436 g/mol. The zero-order valence-corrected chi connectivity index (χ0v) is 17.9. The number of ether oxygens (including phenoxy) is 1. The Labute approximate surface area is 180 Å². The van der Waals surface area contributed by atoms with Crippen LogP contribution in [-0.4, -0.2) is 31.2 Å². The Hall–Kier alpha value is -3.65. The highest BCUT2D eigenvalue weighted by Gasteiger charge is 2.21. The minimum atomic E-state index is -3.99. The maximum Gasteiger partial charge on any atom is 0.265 e. The maximum atomic E-state index is 12.7. The second kappa shape index (κ2) is 8.23. The van der Waals surface area contributed by atoms with Gasteiger partial charge in [-0.25, -0.2) is 13.1 Å². The van der Waals surface area contributed by atoms with Gasteiger partial charge in [-0.05, 0) is 36.8 Å². The number of aryl methyl sites for hydroxylation is 1. The molecule has 1 amide bonds. The highest BCUT2D eigenvalue weighted by Crippen LogP contribution is 2.24. The van der Waals surface area contributed by atoms with Crippen LogP contribution >= 0.6 is 0 Å². The van der Waals surface area contributed by atoms with E-state index in [1.807, 2.05) is 28.9 Å². The van der Waals surface area contributed by atoms with Gasteiger partial charge in [0.2, 0.25) is 0 Å². The number of hydrogen-bond donors (Lipinski definition) is 1. The quantitative estimate of drug-likeness (QED) is 0.500. The van der Waals surface area contributed by atoms with Gasteiger partial charge in [-0.2, -0.15) is 5.10 Å². The minimum absolute atomic E-state index is 0.0671. The van der Waals surface area contributed by atoms with E-state index in [0.29, 0.717) is 17.9 Å². The third-order valence-corrected chi connectivity index (χ3v) is 6.52. The van der Waals surface area contributed by atoms with Gasteiger partial charge in [0.05, 0.1) is 30.3 Å². The van der Waals surface area contributed by atoms with Gasteiger partial charge in [-0.15, -0.1) is 0 Å². The van der Waals surface area contributed by atoms with E-state index in [1.165, 1.54) is 19.2 Å². The summed E-state index contributed by atoms with van der Waals surface area (Å²) in [6, 6.07) is 19.2. The van der Waals surface area contributed by atoms with Crippen LogP contribution in [0.15, 0.2) is 77.8 Å². The van der Waals surface area contributed by atoms with Crippen molar-refractivity contribution in [3.05, 3.63) is 89.6 Å². The Balaban J connectivity index is 1.59. The summed E-state index contributed by atoms with van der Waals surface area (Å²) < 4.78 is 34.7. The average Bonchev–Trinajstić information content (AvgIpc) is 3.16. The minimum Gasteiger partial charge on any atom is -0.496 e. The van der Waals surface area contributed by atoms with Crippen molar-refractivity contribution >= 4 is 26.8 Å². The van der Waals surface area contributed by atoms with Gasteiger partial charge in [0.15, 0.2) is 0 Å². The molecule has 3 aromatic carbocycles. The van der Waals surface area contributed by atoms with Crippen LogP contribution in [0.4, 0.5) is 0 Å². The molecule has 0 fully saturated rings. The zero-order valence-electron chi connectivity index (χ0n) is 17.1. The van der Waals surface area contributed by atoms with Crippen LogP contribution in [0.3, 0.4) is 0 Å². The van der Waals surface area contributed by atoms with E-state index < -0.39 is 15.9 Å². The molecule has 0 aliphatic carbocycles. The summed E-state index contributed by atoms with van der Waals surface area (Å²) in [5.74, 6) is -0.252. The summed E-state index contributed by atoms with van der Waals surface area (Å²) in [4.78, 5) is 12.7. The molecule has 0 aliphatic heterocycles. The second-order valence-electron chi connectivity index (χ2n) is 7.09. The third kappa shape index (κ3) is 4.15. The van der Waals surface area contributed by atoms with Gasteiger partial charge in [0.1, 0.15) is 5.75 Å². The SMILES string of the molecule is COc1cc(C(=O)NS(=O)(=O)c2ccccc2C)ccc1Cn1ncc2ccccc21. The van der Waals surface area contributed by atoms with Crippen molar-refractivity contribution in [2.75, 3.05) is 7.11 Å². The van der Waals surface area contributed by atoms with Gasteiger partial charge < -0.3 is 4.74 Å². The standard InChI is InChI=1S/C23H21N3O4S/c1-16-7-3-6-10-22(16)31(28,29)25-23(27)17-11-12-19(21(13-17)30-2)15-26-20-9-5-4-8-18(20)14-24-26/h3-14H,15H2,1-2H3,(H,25,27). The van der Waals surface area contributed by atoms with E-state index in [1.54, 1.807) is 43.5 Å². The largest absolute Gasteiger partial charge is 0.496 e. The zero-order chi connectivity index (χ0) is 22.0. The summed E-state index contributed by atoms with van der Waals surface area (Å²) in [7, 11) is -2.48. The Kier molecular flexibility index (Phi) is 5.48. The lowest BCUT2D eigenvalue weighted by atomic mass is 10.1. The Bertz CT molecular complexity index is 1380. The van der Waals surface area contributed by atoms with Crippen LogP contribution in [0.5, 0.6) is 5.75 Å². The van der Waals surface area contributed by atoms with Gasteiger partial charge in [0.25, 0.3) is 15.9 Å². The normalized spacial score (nSPS) is 11.4. The molecule has 1 heterocycles. The number of sulfonamides is 1. The molecule has 8 heteroatoms. The number of fused-ring (bicyclic) bond motifs is 1. The van der Waals surface area contributed by atoms with Crippen LogP contribution in [0.2, 0.25) is 0 Å². The van der Waals surface area contributed by atoms with Gasteiger partial charge in [0, 0.05) is 16.5 Å². The van der Waals surface area contributed by atoms with Crippen molar-refractivity contribution in [2.45, 2.75) is 18.4 Å². The van der Waals surface area contributed by atoms with Gasteiger partial charge >= 0.3 is 0 Å². The van der Waals surface area contributed by atoms with E-state index in [9.17, 15) is 13.2 Å². The fraction of sp³-hybridized carbons (Fsp3) is 0.130.